The first-order valence-electron chi connectivity index (χ1n) is 3.61. The third kappa shape index (κ3) is 2.06. The minimum Gasteiger partial charge on any atom is -0.464 e. The Balaban J connectivity index is 2.71. The molecule has 0 amide bonds. The number of carbonyl (C=O) groups is 1. The molecule has 0 saturated carbocycles. The lowest BCUT2D eigenvalue weighted by atomic mass is 11.1. The number of carboxylic acid groups (broad SMARTS) is 1. The highest BCUT2D eigenvalue weighted by molar-refractivity contribution is 5.67. The number of hydrogen-bond acceptors (Lipinski definition) is 3. The zero-order valence-corrected chi connectivity index (χ0v) is 6.77. The Hall–Kier alpha value is -1.36. The molecule has 0 aliphatic heterocycles. The Kier molecular flexibility index (Phi) is 2.44. The maximum atomic E-state index is 10.4. The molecule has 1 heterocycles. The molecule has 1 rings (SSSR count). The molecule has 5 heteroatoms. The van der Waals surface area contributed by atoms with Crippen LogP contribution < -0.4 is 5.73 Å². The summed E-state index contributed by atoms with van der Waals surface area (Å²) >= 11 is 0. The van der Waals surface area contributed by atoms with Crippen LogP contribution in [-0.2, 0) is 6.42 Å². The van der Waals surface area contributed by atoms with E-state index in [0.717, 1.165) is 4.57 Å². The predicted molar refractivity (Wildman–Crippen MR) is 43.0 cm³/mol. The van der Waals surface area contributed by atoms with Crippen LogP contribution in [0.25, 0.3) is 0 Å². The van der Waals surface area contributed by atoms with Gasteiger partial charge in [-0.3, -0.25) is 0 Å². The van der Waals surface area contributed by atoms with E-state index < -0.39 is 6.09 Å². The molecule has 5 nitrogen and oxygen atoms in total. The van der Waals surface area contributed by atoms with Gasteiger partial charge in [0.1, 0.15) is 6.33 Å². The van der Waals surface area contributed by atoms with Crippen molar-refractivity contribution in [2.45, 2.75) is 19.4 Å². The molecule has 12 heavy (non-hydrogen) atoms. The SMILES string of the molecule is [13CH3][13C@@H](N)[13CH2][13c]1[13cH]n(C(=O)O)[13cH]n1. The van der Waals surface area contributed by atoms with Gasteiger partial charge < -0.3 is 10.8 Å². The smallest absolute Gasteiger partial charge is 0.416 e. The number of nitrogens with two attached hydrogens (primary N) is 1. The summed E-state index contributed by atoms with van der Waals surface area (Å²) < 4.78 is 1.01. The van der Waals surface area contributed by atoms with E-state index in [9.17, 15) is 4.79 Å². The van der Waals surface area contributed by atoms with Gasteiger partial charge in [0.05, 0.1) is 5.69 Å². The first kappa shape index (κ1) is 8.73. The number of nitrogens with zero attached hydrogens (tertiary/aromatic N) is 2. The van der Waals surface area contributed by atoms with E-state index in [4.69, 9.17) is 10.8 Å². The summed E-state index contributed by atoms with van der Waals surface area (Å²) in [6, 6.07) is 0.00199. The second-order valence-electron chi connectivity index (χ2n) is 2.74. The van der Waals surface area contributed by atoms with Crippen molar-refractivity contribution >= 4 is 6.09 Å². The van der Waals surface area contributed by atoms with Crippen molar-refractivity contribution in [3.05, 3.63) is 18.2 Å². The van der Waals surface area contributed by atoms with Crippen molar-refractivity contribution in [2.24, 2.45) is 5.73 Å². The van der Waals surface area contributed by atoms with E-state index in [0.29, 0.717) is 12.1 Å². The number of aromatic nitrogens is 2. The monoisotopic (exact) mass is 175 g/mol. The fourth-order valence-corrected chi connectivity index (χ4v) is 0.903. The molecule has 0 aromatic carbocycles. The minimum atomic E-state index is -1.03. The molecule has 0 radical (unpaired) electrons. The quantitative estimate of drug-likeness (QED) is 0.633. The first-order chi connectivity index (χ1) is 5.59. The van der Waals surface area contributed by atoms with Gasteiger partial charge in [0.2, 0.25) is 0 Å². The fraction of sp³-hybridized carbons (Fsp3) is 0.429. The molecule has 1 atom stereocenters. The van der Waals surface area contributed by atoms with Gasteiger partial charge in [-0.05, 0) is 6.92 Å². The highest BCUT2D eigenvalue weighted by Crippen LogP contribution is 1.98. The summed E-state index contributed by atoms with van der Waals surface area (Å²) in [5.41, 5.74) is 6.21. The van der Waals surface area contributed by atoms with Crippen LogP contribution in [0.2, 0.25) is 0 Å². The van der Waals surface area contributed by atoms with E-state index in [2.05, 4.69) is 4.98 Å². The average molecular weight is 175 g/mol. The summed E-state index contributed by atoms with van der Waals surface area (Å²) in [6.45, 7) is 1.85. The molecule has 0 aliphatic carbocycles. The van der Waals surface area contributed by atoms with Gasteiger partial charge >= 0.3 is 6.09 Å². The average Bonchev–Trinajstić information content (AvgIpc) is 2.34. The molecule has 0 spiro atoms. The van der Waals surface area contributed by atoms with E-state index in [1.165, 1.54) is 12.5 Å². The molecule has 0 fully saturated rings. The second-order valence-corrected chi connectivity index (χ2v) is 2.74. The lowest BCUT2D eigenvalue weighted by Gasteiger charge is -1.98. The topological polar surface area (TPSA) is 81.1 Å². The van der Waals surface area contributed by atoms with E-state index in [-0.39, 0.29) is 6.04 Å². The van der Waals surface area contributed by atoms with Crippen LogP contribution in [0.15, 0.2) is 12.5 Å². The van der Waals surface area contributed by atoms with Crippen LogP contribution in [0.4, 0.5) is 4.79 Å². The number of imidazole rings is 1. The Morgan fingerprint density at radius 1 is 1.92 bits per heavy atom. The molecule has 0 unspecified atom stereocenters. The van der Waals surface area contributed by atoms with Crippen molar-refractivity contribution in [1.82, 2.24) is 9.55 Å². The highest BCUT2D eigenvalue weighted by atomic mass is 16.4. The lowest BCUT2D eigenvalue weighted by Crippen LogP contribution is -2.17. The predicted octanol–water partition coefficient (Wildman–Crippen LogP) is 0.299. The Morgan fingerprint density at radius 2 is 2.58 bits per heavy atom. The minimum absolute atomic E-state index is 0.00199. The lowest BCUT2D eigenvalue weighted by molar-refractivity contribution is 0.196. The summed E-state index contributed by atoms with van der Waals surface area (Å²) in [4.78, 5) is 14.3. The third-order valence-corrected chi connectivity index (χ3v) is 1.39. The van der Waals surface area contributed by atoms with Crippen molar-refractivity contribution in [3.63, 3.8) is 0 Å². The first-order valence-corrected chi connectivity index (χ1v) is 3.61. The van der Waals surface area contributed by atoms with Gasteiger partial charge in [-0.15, -0.1) is 0 Å². The number of hydrogen-bond donors (Lipinski definition) is 2. The summed E-state index contributed by atoms with van der Waals surface area (Å²) in [7, 11) is 0. The summed E-state index contributed by atoms with van der Waals surface area (Å²) in [5.74, 6) is 0. The molecular weight excluding hydrogens is 164 g/mol. The van der Waals surface area contributed by atoms with Crippen LogP contribution in [0, 0.1) is 0 Å². The van der Waals surface area contributed by atoms with Crippen molar-refractivity contribution in [3.8, 4) is 0 Å². The van der Waals surface area contributed by atoms with Gasteiger partial charge in [0.25, 0.3) is 0 Å². The van der Waals surface area contributed by atoms with Gasteiger partial charge in [0.15, 0.2) is 0 Å². The Morgan fingerprint density at radius 3 is 3.00 bits per heavy atom. The Bertz CT molecular complexity index is 280. The van der Waals surface area contributed by atoms with Crippen molar-refractivity contribution in [1.29, 1.82) is 0 Å². The molecular formula is C7H11N3O2. The van der Waals surface area contributed by atoms with Gasteiger partial charge in [-0.1, -0.05) is 0 Å². The van der Waals surface area contributed by atoms with E-state index in [1.54, 1.807) is 0 Å². The highest BCUT2D eigenvalue weighted by Gasteiger charge is 2.04. The molecule has 0 aliphatic rings. The van der Waals surface area contributed by atoms with Crippen LogP contribution >= 0.6 is 0 Å². The van der Waals surface area contributed by atoms with Crippen molar-refractivity contribution < 1.29 is 9.90 Å². The van der Waals surface area contributed by atoms with Gasteiger partial charge in [-0.25, -0.2) is 14.3 Å². The summed E-state index contributed by atoms with van der Waals surface area (Å²) in [5, 5.41) is 8.52. The third-order valence-electron chi connectivity index (χ3n) is 1.39. The molecule has 1 aromatic heterocycles. The van der Waals surface area contributed by atoms with Crippen LogP contribution in [0.5, 0.6) is 0 Å². The molecule has 0 bridgehead atoms. The van der Waals surface area contributed by atoms with Gasteiger partial charge in [-0.2, -0.15) is 0 Å². The number of rotatable bonds is 2. The zero-order valence-electron chi connectivity index (χ0n) is 6.77. The van der Waals surface area contributed by atoms with Crippen LogP contribution in [0.3, 0.4) is 0 Å². The fourth-order valence-electron chi connectivity index (χ4n) is 0.903. The van der Waals surface area contributed by atoms with Crippen LogP contribution in [0.1, 0.15) is 12.6 Å². The largest absolute Gasteiger partial charge is 0.464 e. The van der Waals surface area contributed by atoms with Crippen LogP contribution in [-0.4, -0.2) is 26.8 Å². The maximum Gasteiger partial charge on any atom is 0.416 e. The second kappa shape index (κ2) is 3.36. The molecule has 1 aromatic rings. The van der Waals surface area contributed by atoms with E-state index in [1.807, 2.05) is 6.92 Å². The summed E-state index contributed by atoms with van der Waals surface area (Å²) in [6.07, 6.45) is 2.30. The van der Waals surface area contributed by atoms with E-state index >= 15 is 0 Å². The van der Waals surface area contributed by atoms with Gasteiger partial charge in [0, 0.05) is 18.7 Å². The standard InChI is InChI=1S/C7H11N3O2/c1-5(8)2-6-3-10(4-9-6)7(11)12/h3-5H,2,8H2,1H3,(H,11,12)/t5-/m1/s1/i1+1,2+1,3+1,4+1,5+1,6+1. The molecule has 66 valence electrons. The molecule has 3 N–H and O–H groups in total. The van der Waals surface area contributed by atoms with Crippen molar-refractivity contribution in [2.75, 3.05) is 0 Å². The maximum absolute atomic E-state index is 10.4. The normalized spacial score (nSPS) is 12.8. The zero-order chi connectivity index (χ0) is 9.14. The Labute approximate surface area is 69.8 Å². The molecule has 0 saturated heterocycles.